The Labute approximate surface area is 253 Å². The fraction of sp³-hybridized carbons (Fsp3) is 0.433. The standard InChI is InChI=1S/C30H36BrN5O4S/c1-29(2,3)24-12-11-23(41-24)27(38)36(32)22(26(37)35-16-20(17-35)28(39)40-30(4,5)6)13-18-7-9-19(10-8-18)25-33-14-21(31)15-34-25/h7-12,14-15,20,22H,13,16-17,32H2,1-6H3/t22-/m0/s1. The topological polar surface area (TPSA) is 119 Å². The summed E-state index contributed by atoms with van der Waals surface area (Å²) in [5.41, 5.74) is 0.913. The highest BCUT2D eigenvalue weighted by Gasteiger charge is 2.42. The van der Waals surface area contributed by atoms with Crippen molar-refractivity contribution in [3.05, 3.63) is 68.6 Å². The summed E-state index contributed by atoms with van der Waals surface area (Å²) in [4.78, 5) is 51.4. The lowest BCUT2D eigenvalue weighted by atomic mass is 9.95. The third-order valence-corrected chi connectivity index (χ3v) is 8.51. The van der Waals surface area contributed by atoms with Gasteiger partial charge in [-0.1, -0.05) is 45.0 Å². The first-order valence-corrected chi connectivity index (χ1v) is 15.0. The fourth-order valence-electron chi connectivity index (χ4n) is 4.31. The number of nitrogens with zero attached hydrogens (tertiary/aromatic N) is 4. The SMILES string of the molecule is CC(C)(C)OC(=O)C1CN(C(=O)[C@H](Cc2ccc(-c3ncc(Br)cn3)cc2)N(N)C(=O)c2ccc(C(C)(C)C)s2)C1. The van der Waals surface area contributed by atoms with E-state index in [1.807, 2.05) is 51.1 Å². The predicted octanol–water partition coefficient (Wildman–Crippen LogP) is 4.99. The second-order valence-corrected chi connectivity index (χ2v) is 14.2. The molecule has 41 heavy (non-hydrogen) atoms. The first-order valence-electron chi connectivity index (χ1n) is 13.4. The second-order valence-electron chi connectivity index (χ2n) is 12.2. The van der Waals surface area contributed by atoms with E-state index in [9.17, 15) is 14.4 Å². The average Bonchev–Trinajstić information content (AvgIpc) is 3.36. The van der Waals surface area contributed by atoms with Crippen molar-refractivity contribution in [1.29, 1.82) is 0 Å². The third kappa shape index (κ3) is 7.58. The van der Waals surface area contributed by atoms with Gasteiger partial charge in [0.1, 0.15) is 11.6 Å². The van der Waals surface area contributed by atoms with Gasteiger partial charge in [-0.15, -0.1) is 11.3 Å². The number of benzene rings is 1. The zero-order valence-corrected chi connectivity index (χ0v) is 26.6. The molecule has 0 saturated carbocycles. The quantitative estimate of drug-likeness (QED) is 0.167. The van der Waals surface area contributed by atoms with Crippen molar-refractivity contribution in [3.8, 4) is 11.4 Å². The molecule has 9 nitrogen and oxygen atoms in total. The molecule has 1 fully saturated rings. The van der Waals surface area contributed by atoms with Gasteiger partial charge in [-0.25, -0.2) is 15.8 Å². The molecular formula is C30H36BrN5O4S. The number of thiophene rings is 1. The third-order valence-electron chi connectivity index (χ3n) is 6.61. The van der Waals surface area contributed by atoms with Crippen LogP contribution in [0.15, 0.2) is 53.3 Å². The average molecular weight is 643 g/mol. The maximum absolute atomic E-state index is 13.7. The number of hydrogen-bond acceptors (Lipinski definition) is 8. The molecule has 0 bridgehead atoms. The molecule has 2 N–H and O–H groups in total. The summed E-state index contributed by atoms with van der Waals surface area (Å²) in [6.07, 6.45) is 3.56. The molecule has 1 saturated heterocycles. The Kier molecular flexibility index (Phi) is 9.01. The zero-order chi connectivity index (χ0) is 30.1. The van der Waals surface area contributed by atoms with E-state index in [1.165, 1.54) is 11.3 Å². The molecule has 0 unspecified atom stereocenters. The Morgan fingerprint density at radius 3 is 2.20 bits per heavy atom. The molecule has 2 amide bonds. The summed E-state index contributed by atoms with van der Waals surface area (Å²) < 4.78 is 6.26. The number of carbonyl (C=O) groups is 3. The summed E-state index contributed by atoms with van der Waals surface area (Å²) in [6, 6.07) is 10.2. The minimum absolute atomic E-state index is 0.119. The smallest absolute Gasteiger partial charge is 0.313 e. The molecule has 1 atom stereocenters. The number of esters is 1. The number of rotatable bonds is 7. The van der Waals surface area contributed by atoms with Crippen LogP contribution in [0.3, 0.4) is 0 Å². The second kappa shape index (κ2) is 12.0. The van der Waals surface area contributed by atoms with Crippen molar-refractivity contribution >= 4 is 45.1 Å². The predicted molar refractivity (Wildman–Crippen MR) is 162 cm³/mol. The van der Waals surface area contributed by atoms with Crippen molar-refractivity contribution in [2.75, 3.05) is 13.1 Å². The van der Waals surface area contributed by atoms with Crippen LogP contribution in [0, 0.1) is 5.92 Å². The van der Waals surface area contributed by atoms with Gasteiger partial charge in [0.15, 0.2) is 5.82 Å². The number of hydrazine groups is 1. The van der Waals surface area contributed by atoms with E-state index in [0.717, 1.165) is 25.5 Å². The van der Waals surface area contributed by atoms with Gasteiger partial charge in [-0.3, -0.25) is 19.4 Å². The van der Waals surface area contributed by atoms with E-state index in [0.29, 0.717) is 10.7 Å². The number of amides is 2. The Hall–Kier alpha value is -3.15. The van der Waals surface area contributed by atoms with Crippen LogP contribution in [0.2, 0.25) is 0 Å². The Morgan fingerprint density at radius 2 is 1.66 bits per heavy atom. The van der Waals surface area contributed by atoms with Crippen molar-refractivity contribution in [3.63, 3.8) is 0 Å². The van der Waals surface area contributed by atoms with Crippen LogP contribution in [0.25, 0.3) is 11.4 Å². The summed E-state index contributed by atoms with van der Waals surface area (Å²) >= 11 is 4.72. The molecule has 4 rings (SSSR count). The molecule has 0 spiro atoms. The number of likely N-dealkylation sites (tertiary alicyclic amines) is 1. The van der Waals surface area contributed by atoms with Gasteiger partial charge in [0.05, 0.1) is 15.3 Å². The van der Waals surface area contributed by atoms with E-state index < -0.39 is 23.5 Å². The van der Waals surface area contributed by atoms with Crippen molar-refractivity contribution in [2.45, 2.75) is 65.0 Å². The highest BCUT2D eigenvalue weighted by molar-refractivity contribution is 9.10. The first kappa shape index (κ1) is 30.8. The molecule has 1 aliphatic rings. The maximum atomic E-state index is 13.7. The van der Waals surface area contributed by atoms with E-state index in [4.69, 9.17) is 10.6 Å². The van der Waals surface area contributed by atoms with Gasteiger partial charge in [0.25, 0.3) is 5.91 Å². The van der Waals surface area contributed by atoms with E-state index >= 15 is 0 Å². The van der Waals surface area contributed by atoms with E-state index in [-0.39, 0.29) is 36.8 Å². The minimum Gasteiger partial charge on any atom is -0.460 e. The first-order chi connectivity index (χ1) is 19.1. The fourth-order valence-corrected chi connectivity index (χ4v) is 5.52. The largest absolute Gasteiger partial charge is 0.460 e. The molecular weight excluding hydrogens is 606 g/mol. The summed E-state index contributed by atoms with van der Waals surface area (Å²) in [5.74, 6) is 5.52. The Bertz CT molecular complexity index is 1400. The van der Waals surface area contributed by atoms with Gasteiger partial charge in [-0.2, -0.15) is 0 Å². The number of halogens is 1. The van der Waals surface area contributed by atoms with Crippen LogP contribution in [-0.2, 0) is 26.2 Å². The van der Waals surface area contributed by atoms with Crippen LogP contribution in [0.4, 0.5) is 0 Å². The molecule has 3 heterocycles. The van der Waals surface area contributed by atoms with Gasteiger partial charge in [0, 0.05) is 42.3 Å². The lowest BCUT2D eigenvalue weighted by Gasteiger charge is -2.41. The molecule has 3 aromatic rings. The highest BCUT2D eigenvalue weighted by Crippen LogP contribution is 2.31. The normalized spacial score (nSPS) is 14.8. The van der Waals surface area contributed by atoms with Crippen LogP contribution in [0.1, 0.15) is 61.7 Å². The monoisotopic (exact) mass is 641 g/mol. The Balaban J connectivity index is 1.54. The number of carbonyl (C=O) groups excluding carboxylic acids is 3. The molecule has 0 radical (unpaired) electrons. The highest BCUT2D eigenvalue weighted by atomic mass is 79.9. The van der Waals surface area contributed by atoms with E-state index in [2.05, 4.69) is 46.7 Å². The van der Waals surface area contributed by atoms with Gasteiger partial charge >= 0.3 is 5.97 Å². The van der Waals surface area contributed by atoms with Crippen molar-refractivity contribution in [1.82, 2.24) is 19.9 Å². The zero-order valence-electron chi connectivity index (χ0n) is 24.2. The molecule has 2 aromatic heterocycles. The maximum Gasteiger partial charge on any atom is 0.313 e. The van der Waals surface area contributed by atoms with Crippen molar-refractivity contribution < 1.29 is 19.1 Å². The summed E-state index contributed by atoms with van der Waals surface area (Å²) in [6.45, 7) is 12.1. The van der Waals surface area contributed by atoms with Crippen LogP contribution in [-0.4, -0.2) is 62.4 Å². The molecule has 11 heteroatoms. The lowest BCUT2D eigenvalue weighted by Crippen LogP contribution is -2.61. The summed E-state index contributed by atoms with van der Waals surface area (Å²) in [5, 5.41) is 1.03. The number of hydrogen-bond donors (Lipinski definition) is 1. The van der Waals surface area contributed by atoms with Gasteiger partial charge in [-0.05, 0) is 59.8 Å². The van der Waals surface area contributed by atoms with Crippen LogP contribution in [0.5, 0.6) is 0 Å². The molecule has 218 valence electrons. The number of ether oxygens (including phenoxy) is 1. The Morgan fingerprint density at radius 1 is 1.05 bits per heavy atom. The molecule has 1 aromatic carbocycles. The number of aromatic nitrogens is 2. The molecule has 1 aliphatic heterocycles. The number of nitrogens with two attached hydrogens (primary N) is 1. The molecule has 0 aliphatic carbocycles. The minimum atomic E-state index is -0.961. The van der Waals surface area contributed by atoms with E-state index in [1.54, 1.807) is 23.4 Å². The van der Waals surface area contributed by atoms with Gasteiger partial charge in [0.2, 0.25) is 5.91 Å². The van der Waals surface area contributed by atoms with Crippen LogP contribution < -0.4 is 5.84 Å². The van der Waals surface area contributed by atoms with Crippen molar-refractivity contribution in [2.24, 2.45) is 11.8 Å². The summed E-state index contributed by atoms with van der Waals surface area (Å²) in [7, 11) is 0. The lowest BCUT2D eigenvalue weighted by molar-refractivity contribution is -0.168. The van der Waals surface area contributed by atoms with Crippen LogP contribution >= 0.6 is 27.3 Å². The van der Waals surface area contributed by atoms with Gasteiger partial charge < -0.3 is 9.64 Å².